The Morgan fingerprint density at radius 3 is 1.13 bits per heavy atom. The van der Waals surface area contributed by atoms with Gasteiger partial charge in [0, 0.05) is 27.4 Å². The molecule has 0 fully saturated rings. The van der Waals surface area contributed by atoms with E-state index in [1.165, 1.54) is 77.0 Å². The summed E-state index contributed by atoms with van der Waals surface area (Å²) in [6.07, 6.45) is 17.4. The second kappa shape index (κ2) is 16.9. The molecule has 2 N–H and O–H groups in total. The van der Waals surface area contributed by atoms with Crippen LogP contribution in [0.1, 0.15) is 83.5 Å². The Labute approximate surface area is 145 Å². The molecule has 0 amide bonds. The molecule has 0 aromatic carbocycles. The van der Waals surface area contributed by atoms with Gasteiger partial charge in [-0.1, -0.05) is 70.6 Å². The third-order valence-electron chi connectivity index (χ3n) is 4.62. The highest BCUT2D eigenvalue weighted by atomic mass is 28.4. The summed E-state index contributed by atoms with van der Waals surface area (Å²) in [6.45, 7) is 0.853. The van der Waals surface area contributed by atoms with Gasteiger partial charge in [0.1, 0.15) is 0 Å². The van der Waals surface area contributed by atoms with Crippen LogP contribution in [0.4, 0.5) is 0 Å². The molecule has 0 aliphatic rings. The summed E-state index contributed by atoms with van der Waals surface area (Å²) in [5.41, 5.74) is 5.49. The first-order chi connectivity index (χ1) is 11.2. The lowest BCUT2D eigenvalue weighted by atomic mass is 10.0. The van der Waals surface area contributed by atoms with Crippen LogP contribution >= 0.6 is 0 Å². The normalized spacial score (nSPS) is 12.0. The van der Waals surface area contributed by atoms with Crippen molar-refractivity contribution in [2.45, 2.75) is 89.5 Å². The number of hydrogen-bond acceptors (Lipinski definition) is 4. The van der Waals surface area contributed by atoms with E-state index in [0.29, 0.717) is 0 Å². The van der Waals surface area contributed by atoms with Gasteiger partial charge in [0.15, 0.2) is 0 Å². The summed E-state index contributed by atoms with van der Waals surface area (Å²) in [5, 5.41) is 0. The van der Waals surface area contributed by atoms with Crippen LogP contribution in [0.3, 0.4) is 0 Å². The van der Waals surface area contributed by atoms with E-state index in [0.717, 1.165) is 19.0 Å². The van der Waals surface area contributed by atoms with Gasteiger partial charge in [-0.05, 0) is 19.4 Å². The first-order valence-electron chi connectivity index (χ1n) is 9.60. The first kappa shape index (κ1) is 23.1. The van der Waals surface area contributed by atoms with E-state index in [4.69, 9.17) is 19.0 Å². The van der Waals surface area contributed by atoms with Crippen molar-refractivity contribution >= 4 is 8.80 Å². The maximum Gasteiger partial charge on any atom is 0.500 e. The molecule has 4 nitrogen and oxygen atoms in total. The number of hydrogen-bond donors (Lipinski definition) is 1. The summed E-state index contributed by atoms with van der Waals surface area (Å²) < 4.78 is 16.3. The molecule has 0 aliphatic heterocycles. The highest BCUT2D eigenvalue weighted by Gasteiger charge is 2.36. The minimum Gasteiger partial charge on any atom is -0.377 e. The van der Waals surface area contributed by atoms with E-state index in [1.807, 2.05) is 0 Å². The van der Waals surface area contributed by atoms with Gasteiger partial charge in [-0.25, -0.2) is 0 Å². The molecule has 0 heterocycles. The summed E-state index contributed by atoms with van der Waals surface area (Å²) in [5.74, 6) is 0. The van der Waals surface area contributed by atoms with Crippen LogP contribution in [0.25, 0.3) is 0 Å². The van der Waals surface area contributed by atoms with Crippen LogP contribution in [-0.2, 0) is 13.3 Å². The Morgan fingerprint density at radius 2 is 0.826 bits per heavy atom. The molecule has 0 aromatic rings. The fraction of sp³-hybridized carbons (Fsp3) is 1.00. The van der Waals surface area contributed by atoms with Crippen molar-refractivity contribution in [3.8, 4) is 0 Å². The number of rotatable bonds is 18. The van der Waals surface area contributed by atoms with Gasteiger partial charge in [-0.2, -0.15) is 0 Å². The zero-order valence-electron chi connectivity index (χ0n) is 15.9. The molecule has 0 unspecified atom stereocenters. The molecule has 5 heteroatoms. The molecule has 0 atom stereocenters. The maximum absolute atomic E-state index is 5.49. The minimum atomic E-state index is -2.33. The summed E-state index contributed by atoms with van der Waals surface area (Å²) in [7, 11) is 2.75. The van der Waals surface area contributed by atoms with Gasteiger partial charge in [0.05, 0.1) is 0 Å². The second-order valence-electron chi connectivity index (χ2n) is 6.43. The molecular weight excluding hydrogens is 306 g/mol. The third kappa shape index (κ3) is 13.1. The topological polar surface area (TPSA) is 53.7 Å². The standard InChI is InChI=1S/C18H41NO3Si/c1-20-23(21-2,22-3)18-16-14-12-10-8-6-4-5-7-9-11-13-15-17-19/h4-19H2,1-3H3. The van der Waals surface area contributed by atoms with E-state index in [1.54, 1.807) is 21.3 Å². The fourth-order valence-corrected chi connectivity index (χ4v) is 4.78. The summed E-state index contributed by atoms with van der Waals surface area (Å²) >= 11 is 0. The fourth-order valence-electron chi connectivity index (χ4n) is 2.99. The van der Waals surface area contributed by atoms with Crippen LogP contribution in [0.5, 0.6) is 0 Å². The molecule has 0 aliphatic carbocycles. The maximum atomic E-state index is 5.49. The predicted octanol–water partition coefficient (Wildman–Crippen LogP) is 4.89. The Morgan fingerprint density at radius 1 is 0.522 bits per heavy atom. The van der Waals surface area contributed by atoms with Gasteiger partial charge >= 0.3 is 8.80 Å². The van der Waals surface area contributed by atoms with E-state index >= 15 is 0 Å². The zero-order valence-corrected chi connectivity index (χ0v) is 16.9. The van der Waals surface area contributed by atoms with Gasteiger partial charge in [-0.3, -0.25) is 0 Å². The van der Waals surface area contributed by atoms with Gasteiger partial charge in [0.25, 0.3) is 0 Å². The Kier molecular flexibility index (Phi) is 16.9. The van der Waals surface area contributed by atoms with Crippen LogP contribution in [0.2, 0.25) is 6.04 Å². The van der Waals surface area contributed by atoms with Crippen molar-refractivity contribution in [1.29, 1.82) is 0 Å². The highest BCUT2D eigenvalue weighted by molar-refractivity contribution is 6.60. The van der Waals surface area contributed by atoms with E-state index in [-0.39, 0.29) is 0 Å². The van der Waals surface area contributed by atoms with Crippen molar-refractivity contribution in [2.75, 3.05) is 27.9 Å². The SMILES string of the molecule is CO[Si](CCCCCCCCCCCCCCCN)(OC)OC. The second-order valence-corrected chi connectivity index (χ2v) is 9.52. The molecule has 0 saturated heterocycles. The molecule has 0 bridgehead atoms. The van der Waals surface area contributed by atoms with Crippen LogP contribution in [0.15, 0.2) is 0 Å². The van der Waals surface area contributed by atoms with E-state index in [2.05, 4.69) is 0 Å². The van der Waals surface area contributed by atoms with Crippen LogP contribution < -0.4 is 5.73 Å². The summed E-state index contributed by atoms with van der Waals surface area (Å²) in [4.78, 5) is 0. The molecule has 0 radical (unpaired) electrons. The number of unbranched alkanes of at least 4 members (excludes halogenated alkanes) is 12. The third-order valence-corrected chi connectivity index (χ3v) is 7.45. The Balaban J connectivity index is 3.25. The predicted molar refractivity (Wildman–Crippen MR) is 101 cm³/mol. The summed E-state index contributed by atoms with van der Waals surface area (Å²) in [6, 6.07) is 0.931. The Hall–Kier alpha value is 0.0569. The minimum absolute atomic E-state index is 0.853. The van der Waals surface area contributed by atoms with Gasteiger partial charge < -0.3 is 19.0 Å². The average Bonchev–Trinajstić information content (AvgIpc) is 2.59. The molecule has 0 aromatic heterocycles. The van der Waals surface area contributed by atoms with Crippen molar-refractivity contribution < 1.29 is 13.3 Å². The first-order valence-corrected chi connectivity index (χ1v) is 11.5. The van der Waals surface area contributed by atoms with E-state index < -0.39 is 8.80 Å². The lowest BCUT2D eigenvalue weighted by molar-refractivity contribution is 0.122. The number of nitrogens with two attached hydrogens (primary N) is 1. The van der Waals surface area contributed by atoms with Gasteiger partial charge in [-0.15, -0.1) is 0 Å². The molecule has 0 rings (SSSR count). The quantitative estimate of drug-likeness (QED) is 0.283. The van der Waals surface area contributed by atoms with Crippen molar-refractivity contribution in [3.63, 3.8) is 0 Å². The van der Waals surface area contributed by atoms with Crippen LogP contribution in [0, 0.1) is 0 Å². The van der Waals surface area contributed by atoms with Crippen molar-refractivity contribution in [3.05, 3.63) is 0 Å². The van der Waals surface area contributed by atoms with Gasteiger partial charge in [0.2, 0.25) is 0 Å². The van der Waals surface area contributed by atoms with Crippen molar-refractivity contribution in [2.24, 2.45) is 5.73 Å². The molecule has 0 spiro atoms. The molecular formula is C18H41NO3Si. The zero-order chi connectivity index (χ0) is 17.2. The molecule has 0 saturated carbocycles. The smallest absolute Gasteiger partial charge is 0.377 e. The largest absolute Gasteiger partial charge is 0.500 e. The highest BCUT2D eigenvalue weighted by Crippen LogP contribution is 2.18. The molecule has 140 valence electrons. The Bertz CT molecular complexity index is 230. The van der Waals surface area contributed by atoms with Crippen molar-refractivity contribution in [1.82, 2.24) is 0 Å². The van der Waals surface area contributed by atoms with Crippen LogP contribution in [-0.4, -0.2) is 36.7 Å². The monoisotopic (exact) mass is 347 g/mol. The lowest BCUT2D eigenvalue weighted by Crippen LogP contribution is -2.42. The van der Waals surface area contributed by atoms with E-state index in [9.17, 15) is 0 Å². The molecule has 23 heavy (non-hydrogen) atoms. The lowest BCUT2D eigenvalue weighted by Gasteiger charge is -2.24. The average molecular weight is 348 g/mol.